The maximum absolute atomic E-state index is 5.37. The lowest BCUT2D eigenvalue weighted by atomic mass is 9.70. The minimum Gasteiger partial charge on any atom is -0.292 e. The number of benzene rings is 10. The first-order valence-corrected chi connectivity index (χ1v) is 23.2. The molecule has 2 aliphatic carbocycles. The fraction of sp³-hybridized carbons (Fsp3) is 0.0159. The summed E-state index contributed by atoms with van der Waals surface area (Å²) in [5.41, 5.74) is 23.1. The van der Waals surface area contributed by atoms with Crippen molar-refractivity contribution in [2.24, 2.45) is 0 Å². The van der Waals surface area contributed by atoms with E-state index in [1.807, 2.05) is 0 Å². The Morgan fingerprint density at radius 1 is 0.269 bits per heavy atom. The number of hydrogen-bond donors (Lipinski definition) is 0. The van der Waals surface area contributed by atoms with Crippen LogP contribution < -0.4 is 0 Å². The highest BCUT2D eigenvalue weighted by atomic mass is 15.0. The molecule has 0 aliphatic heterocycles. The van der Waals surface area contributed by atoms with Gasteiger partial charge in [-0.1, -0.05) is 170 Å². The van der Waals surface area contributed by atoms with Crippen molar-refractivity contribution in [3.8, 4) is 44.5 Å². The highest BCUT2D eigenvalue weighted by molar-refractivity contribution is 6.15. The van der Waals surface area contributed by atoms with Crippen LogP contribution in [0.25, 0.3) is 121 Å². The van der Waals surface area contributed by atoms with Crippen LogP contribution in [0.15, 0.2) is 218 Å². The number of fused-ring (bicyclic) bond motifs is 26. The molecule has 0 saturated carbocycles. The molecule has 0 unspecified atom stereocenters. The first-order valence-electron chi connectivity index (χ1n) is 23.2. The van der Waals surface area contributed by atoms with Gasteiger partial charge in [0, 0.05) is 21.5 Å². The van der Waals surface area contributed by atoms with Gasteiger partial charge in [-0.2, -0.15) is 0 Å². The monoisotopic (exact) mass is 848 g/mol. The van der Waals surface area contributed by atoms with Crippen molar-refractivity contribution < 1.29 is 0 Å². The highest BCUT2D eigenvalue weighted by Gasteiger charge is 2.51. The van der Waals surface area contributed by atoms with Gasteiger partial charge in [0.25, 0.3) is 0 Å². The van der Waals surface area contributed by atoms with Crippen molar-refractivity contribution in [1.82, 2.24) is 18.8 Å². The lowest BCUT2D eigenvalue weighted by Gasteiger charge is -2.31. The van der Waals surface area contributed by atoms with Crippen LogP contribution in [0, 0.1) is 0 Å². The zero-order chi connectivity index (χ0) is 43.5. The highest BCUT2D eigenvalue weighted by Crippen LogP contribution is 2.63. The summed E-state index contributed by atoms with van der Waals surface area (Å²) in [6, 6.07) is 80.8. The maximum atomic E-state index is 5.37. The largest absolute Gasteiger partial charge is 0.292 e. The molecule has 2 aliphatic rings. The number of para-hydroxylation sites is 2. The van der Waals surface area contributed by atoms with Gasteiger partial charge < -0.3 is 0 Å². The molecule has 14 aromatic rings. The lowest BCUT2D eigenvalue weighted by molar-refractivity contribution is 0.794. The standard InChI is InChI=1S/C63H36N4/c1-3-19-49-41(13-1)47-17-7-11-23-57(47)66-59-31-27-39(35-55(59)64-61(49)66)37-25-29-45-43-15-5-9-21-51(43)63(53(45)33-37)52-22-10-6-16-44(52)46-30-26-38(34-54(46)63)40-28-32-60-56(36-40)65-62-50-20-4-2-14-42(50)48-18-8-12-24-58(48)67(60)62/h1-36H. The Morgan fingerprint density at radius 2 is 0.627 bits per heavy atom. The van der Waals surface area contributed by atoms with Crippen LogP contribution in [0.4, 0.5) is 0 Å². The summed E-state index contributed by atoms with van der Waals surface area (Å²) in [5, 5.41) is 7.24. The van der Waals surface area contributed by atoms with Gasteiger partial charge in [0.1, 0.15) is 11.3 Å². The normalized spacial score (nSPS) is 13.5. The first-order chi connectivity index (χ1) is 33.2. The minimum absolute atomic E-state index is 0.514. The number of imidazole rings is 2. The lowest BCUT2D eigenvalue weighted by Crippen LogP contribution is -2.26. The Bertz CT molecular complexity index is 4240. The Hall–Kier alpha value is -8.86. The number of pyridine rings is 2. The summed E-state index contributed by atoms with van der Waals surface area (Å²) in [5.74, 6) is 0. The Balaban J connectivity index is 0.900. The first kappa shape index (κ1) is 35.5. The van der Waals surface area contributed by atoms with E-state index in [-0.39, 0.29) is 0 Å². The van der Waals surface area contributed by atoms with Crippen LogP contribution in [0.2, 0.25) is 0 Å². The van der Waals surface area contributed by atoms with Crippen LogP contribution in [-0.2, 0) is 5.41 Å². The van der Waals surface area contributed by atoms with Crippen molar-refractivity contribution >= 4 is 76.7 Å². The van der Waals surface area contributed by atoms with Gasteiger partial charge in [-0.15, -0.1) is 0 Å². The molecule has 1 spiro atoms. The van der Waals surface area contributed by atoms with Gasteiger partial charge in [0.15, 0.2) is 0 Å². The fourth-order valence-corrected chi connectivity index (χ4v) is 12.5. The van der Waals surface area contributed by atoms with Gasteiger partial charge >= 0.3 is 0 Å². The second-order valence-electron chi connectivity index (χ2n) is 18.4. The summed E-state index contributed by atoms with van der Waals surface area (Å²) < 4.78 is 4.68. The van der Waals surface area contributed by atoms with E-state index >= 15 is 0 Å². The van der Waals surface area contributed by atoms with Crippen LogP contribution in [0.3, 0.4) is 0 Å². The summed E-state index contributed by atoms with van der Waals surface area (Å²) >= 11 is 0. The predicted molar refractivity (Wildman–Crippen MR) is 276 cm³/mol. The van der Waals surface area contributed by atoms with E-state index in [2.05, 4.69) is 227 Å². The fourth-order valence-electron chi connectivity index (χ4n) is 12.5. The van der Waals surface area contributed by atoms with E-state index in [0.29, 0.717) is 0 Å². The average molecular weight is 849 g/mol. The third-order valence-corrected chi connectivity index (χ3v) is 15.3. The molecule has 4 heterocycles. The van der Waals surface area contributed by atoms with E-state index in [1.54, 1.807) is 0 Å². The van der Waals surface area contributed by atoms with Gasteiger partial charge in [0.05, 0.1) is 38.5 Å². The Labute approximate surface area is 384 Å². The summed E-state index contributed by atoms with van der Waals surface area (Å²) in [4.78, 5) is 10.7. The van der Waals surface area contributed by atoms with Gasteiger partial charge in [-0.05, 0) is 126 Å². The van der Waals surface area contributed by atoms with Crippen molar-refractivity contribution in [2.45, 2.75) is 5.41 Å². The molecule has 0 fully saturated rings. The van der Waals surface area contributed by atoms with Gasteiger partial charge in [-0.25, -0.2) is 9.97 Å². The molecule has 4 nitrogen and oxygen atoms in total. The van der Waals surface area contributed by atoms with E-state index in [1.165, 1.54) is 88.2 Å². The van der Waals surface area contributed by atoms with Crippen molar-refractivity contribution in [2.75, 3.05) is 0 Å². The molecule has 0 radical (unpaired) electrons. The number of aromatic nitrogens is 4. The second-order valence-corrected chi connectivity index (χ2v) is 18.4. The van der Waals surface area contributed by atoms with Crippen LogP contribution in [0.1, 0.15) is 22.3 Å². The molecule has 4 aromatic heterocycles. The van der Waals surface area contributed by atoms with Gasteiger partial charge in [0.2, 0.25) is 0 Å². The van der Waals surface area contributed by atoms with E-state index in [4.69, 9.17) is 9.97 Å². The SMILES string of the molecule is c1ccc2c(c1)-c1ccc(-c3ccc4c(c3)nc3c5ccccc5c5ccccc5n43)cc1C21c2ccccc2-c2ccc(-c3ccc4c(c3)nc3c5ccccc5c5ccccc5n43)cc21. The molecular weight excluding hydrogens is 813 g/mol. The second kappa shape index (κ2) is 12.7. The van der Waals surface area contributed by atoms with Crippen molar-refractivity contribution in [3.05, 3.63) is 241 Å². The number of rotatable bonds is 2. The molecule has 0 N–H and O–H groups in total. The van der Waals surface area contributed by atoms with Crippen molar-refractivity contribution in [1.29, 1.82) is 0 Å². The molecule has 16 rings (SSSR count). The molecule has 308 valence electrons. The van der Waals surface area contributed by atoms with E-state index in [0.717, 1.165) is 55.3 Å². The zero-order valence-electron chi connectivity index (χ0n) is 36.1. The third kappa shape index (κ3) is 4.47. The molecule has 0 saturated heterocycles. The minimum atomic E-state index is -0.514. The maximum Gasteiger partial charge on any atom is 0.146 e. The molecule has 0 atom stereocenters. The molecule has 0 bridgehead atoms. The molecule has 10 aromatic carbocycles. The average Bonchev–Trinajstić information content (AvgIpc) is 4.14. The molecule has 0 amide bonds. The zero-order valence-corrected chi connectivity index (χ0v) is 36.1. The van der Waals surface area contributed by atoms with Gasteiger partial charge in [-0.3, -0.25) is 8.80 Å². The molecule has 67 heavy (non-hydrogen) atoms. The third-order valence-electron chi connectivity index (χ3n) is 15.3. The number of nitrogens with zero attached hydrogens (tertiary/aromatic N) is 4. The topological polar surface area (TPSA) is 34.6 Å². The molecule has 4 heteroatoms. The predicted octanol–water partition coefficient (Wildman–Crippen LogP) is 15.6. The van der Waals surface area contributed by atoms with Crippen LogP contribution in [0.5, 0.6) is 0 Å². The number of hydrogen-bond acceptors (Lipinski definition) is 2. The summed E-state index contributed by atoms with van der Waals surface area (Å²) in [7, 11) is 0. The van der Waals surface area contributed by atoms with Crippen molar-refractivity contribution in [3.63, 3.8) is 0 Å². The Morgan fingerprint density at radius 3 is 1.10 bits per heavy atom. The Kier molecular flexibility index (Phi) is 6.72. The summed E-state index contributed by atoms with van der Waals surface area (Å²) in [6.45, 7) is 0. The van der Waals surface area contributed by atoms with E-state index < -0.39 is 5.41 Å². The van der Waals surface area contributed by atoms with Crippen LogP contribution in [-0.4, -0.2) is 18.8 Å². The quantitative estimate of drug-likeness (QED) is 0.162. The van der Waals surface area contributed by atoms with E-state index in [9.17, 15) is 0 Å². The molecular formula is C63H36N4. The summed E-state index contributed by atoms with van der Waals surface area (Å²) in [6.07, 6.45) is 0. The smallest absolute Gasteiger partial charge is 0.146 e. The van der Waals surface area contributed by atoms with Crippen LogP contribution >= 0.6 is 0 Å².